The van der Waals surface area contributed by atoms with Gasteiger partial charge in [0.25, 0.3) is 0 Å². The molecule has 0 saturated heterocycles. The molecule has 2 aromatic rings. The van der Waals surface area contributed by atoms with Crippen molar-refractivity contribution >= 4 is 16.5 Å². The molecule has 0 bridgehead atoms. The highest BCUT2D eigenvalue weighted by Crippen LogP contribution is 2.29. The normalized spacial score (nSPS) is 10.6. The van der Waals surface area contributed by atoms with Crippen molar-refractivity contribution in [2.45, 2.75) is 6.42 Å². The van der Waals surface area contributed by atoms with E-state index in [1.165, 1.54) is 0 Å². The van der Waals surface area contributed by atoms with Gasteiger partial charge in [-0.1, -0.05) is 0 Å². The fourth-order valence-corrected chi connectivity index (χ4v) is 1.56. The van der Waals surface area contributed by atoms with E-state index in [0.717, 1.165) is 16.5 Å². The molecule has 0 fully saturated rings. The van der Waals surface area contributed by atoms with Crippen LogP contribution in [-0.2, 0) is 0 Å². The first-order valence-corrected chi connectivity index (χ1v) is 5.19. The van der Waals surface area contributed by atoms with Gasteiger partial charge < -0.3 is 15.6 Å². The van der Waals surface area contributed by atoms with Gasteiger partial charge in [-0.3, -0.25) is 4.98 Å². The Labute approximate surface area is 93.7 Å². The van der Waals surface area contributed by atoms with E-state index < -0.39 is 0 Å². The smallest absolute Gasteiger partial charge is 0.128 e. The number of aromatic nitrogens is 1. The molecule has 1 aromatic heterocycles. The van der Waals surface area contributed by atoms with Gasteiger partial charge in [0.2, 0.25) is 0 Å². The van der Waals surface area contributed by atoms with Crippen LogP contribution in [0.1, 0.15) is 6.42 Å². The predicted octanol–water partition coefficient (Wildman–Crippen LogP) is 1.58. The minimum absolute atomic E-state index is 0.130. The molecule has 0 aliphatic rings. The Morgan fingerprint density at radius 3 is 2.94 bits per heavy atom. The summed E-state index contributed by atoms with van der Waals surface area (Å²) in [4.78, 5) is 4.06. The topological polar surface area (TPSA) is 68.4 Å². The quantitative estimate of drug-likeness (QED) is 0.604. The number of pyridine rings is 1. The van der Waals surface area contributed by atoms with E-state index >= 15 is 0 Å². The van der Waals surface area contributed by atoms with Gasteiger partial charge in [0.15, 0.2) is 0 Å². The Morgan fingerprint density at radius 2 is 2.12 bits per heavy atom. The van der Waals surface area contributed by atoms with Crippen LogP contribution < -0.4 is 10.5 Å². The number of anilines is 1. The van der Waals surface area contributed by atoms with Gasteiger partial charge in [-0.25, -0.2) is 0 Å². The molecule has 4 heteroatoms. The fourth-order valence-electron chi connectivity index (χ4n) is 1.56. The van der Waals surface area contributed by atoms with E-state index in [2.05, 4.69) is 4.98 Å². The van der Waals surface area contributed by atoms with Gasteiger partial charge in [-0.05, 0) is 18.2 Å². The monoisotopic (exact) mass is 218 g/mol. The molecule has 0 atom stereocenters. The van der Waals surface area contributed by atoms with Crippen molar-refractivity contribution in [1.29, 1.82) is 0 Å². The van der Waals surface area contributed by atoms with Gasteiger partial charge in [0.05, 0.1) is 6.61 Å². The Balaban J connectivity index is 2.35. The molecule has 1 heterocycles. The summed E-state index contributed by atoms with van der Waals surface area (Å²) in [5.74, 6) is 0.755. The lowest BCUT2D eigenvalue weighted by atomic mass is 10.1. The lowest BCUT2D eigenvalue weighted by molar-refractivity contribution is 0.235. The lowest BCUT2D eigenvalue weighted by Gasteiger charge is -2.09. The first-order chi connectivity index (χ1) is 7.83. The molecule has 16 heavy (non-hydrogen) atoms. The number of nitrogens with zero attached hydrogens (tertiary/aromatic N) is 1. The highest BCUT2D eigenvalue weighted by molar-refractivity contribution is 5.96. The summed E-state index contributed by atoms with van der Waals surface area (Å²) in [5, 5.41) is 10.5. The van der Waals surface area contributed by atoms with Crippen LogP contribution in [0.25, 0.3) is 10.8 Å². The molecule has 2 rings (SSSR count). The van der Waals surface area contributed by atoms with E-state index in [4.69, 9.17) is 15.6 Å². The second kappa shape index (κ2) is 4.81. The standard InChI is InChI=1S/C12H14N2O2/c13-11-2-3-12(16-7-1-6-15)10-8-14-5-4-9(10)11/h2-5,8,15H,1,6-7,13H2. The Morgan fingerprint density at radius 1 is 1.25 bits per heavy atom. The second-order valence-corrected chi connectivity index (χ2v) is 3.50. The maximum Gasteiger partial charge on any atom is 0.128 e. The molecule has 4 nitrogen and oxygen atoms in total. The third-order valence-corrected chi connectivity index (χ3v) is 2.37. The predicted molar refractivity (Wildman–Crippen MR) is 63.4 cm³/mol. The van der Waals surface area contributed by atoms with Crippen molar-refractivity contribution in [2.24, 2.45) is 0 Å². The van der Waals surface area contributed by atoms with Gasteiger partial charge in [0.1, 0.15) is 5.75 Å². The number of hydrogen-bond acceptors (Lipinski definition) is 4. The van der Waals surface area contributed by atoms with Crippen molar-refractivity contribution in [3.8, 4) is 5.75 Å². The van der Waals surface area contributed by atoms with Crippen LogP contribution in [0.5, 0.6) is 5.75 Å². The summed E-state index contributed by atoms with van der Waals surface area (Å²) >= 11 is 0. The minimum atomic E-state index is 0.130. The summed E-state index contributed by atoms with van der Waals surface area (Å²) < 4.78 is 5.56. The molecule has 0 aliphatic carbocycles. The van der Waals surface area contributed by atoms with Crippen molar-refractivity contribution in [3.63, 3.8) is 0 Å². The number of rotatable bonds is 4. The molecular weight excluding hydrogens is 204 g/mol. The number of aliphatic hydroxyl groups excluding tert-OH is 1. The highest BCUT2D eigenvalue weighted by atomic mass is 16.5. The zero-order valence-electron chi connectivity index (χ0n) is 8.89. The molecule has 3 N–H and O–H groups in total. The van der Waals surface area contributed by atoms with Crippen LogP contribution in [0.15, 0.2) is 30.6 Å². The molecule has 0 amide bonds. The Bertz CT molecular complexity index is 485. The number of nitrogen functional groups attached to an aromatic ring is 1. The van der Waals surface area contributed by atoms with Crippen LogP contribution in [0, 0.1) is 0 Å². The van der Waals surface area contributed by atoms with E-state index in [0.29, 0.717) is 18.7 Å². The van der Waals surface area contributed by atoms with Crippen LogP contribution in [0.3, 0.4) is 0 Å². The Hall–Kier alpha value is -1.81. The summed E-state index contributed by atoms with van der Waals surface area (Å²) in [7, 11) is 0. The average molecular weight is 218 g/mol. The number of aliphatic hydroxyl groups is 1. The molecule has 0 spiro atoms. The Kier molecular flexibility index (Phi) is 3.22. The summed E-state index contributed by atoms with van der Waals surface area (Å²) in [5.41, 5.74) is 6.57. The van der Waals surface area contributed by atoms with Gasteiger partial charge in [-0.15, -0.1) is 0 Å². The molecule has 0 unspecified atom stereocenters. The number of ether oxygens (including phenoxy) is 1. The third kappa shape index (κ3) is 2.06. The average Bonchev–Trinajstić information content (AvgIpc) is 2.33. The first kappa shape index (κ1) is 10.7. The van der Waals surface area contributed by atoms with Crippen molar-refractivity contribution in [3.05, 3.63) is 30.6 Å². The SMILES string of the molecule is Nc1ccc(OCCCO)c2cnccc12. The molecule has 84 valence electrons. The summed E-state index contributed by atoms with van der Waals surface area (Å²) in [6.45, 7) is 0.621. The maximum absolute atomic E-state index is 8.69. The van der Waals surface area contributed by atoms with E-state index in [9.17, 15) is 0 Å². The second-order valence-electron chi connectivity index (χ2n) is 3.50. The summed E-state index contributed by atoms with van der Waals surface area (Å²) in [6, 6.07) is 5.51. The van der Waals surface area contributed by atoms with E-state index in [1.54, 1.807) is 12.4 Å². The van der Waals surface area contributed by atoms with Gasteiger partial charge >= 0.3 is 0 Å². The van der Waals surface area contributed by atoms with Crippen molar-refractivity contribution < 1.29 is 9.84 Å². The lowest BCUT2D eigenvalue weighted by Crippen LogP contribution is -2.00. The molecule has 1 aromatic carbocycles. The minimum Gasteiger partial charge on any atom is -0.493 e. The molecule has 0 aliphatic heterocycles. The molecule has 0 radical (unpaired) electrons. The van der Waals surface area contributed by atoms with E-state index in [1.807, 2.05) is 18.2 Å². The number of fused-ring (bicyclic) bond motifs is 1. The highest BCUT2D eigenvalue weighted by Gasteiger charge is 2.04. The number of hydrogen-bond donors (Lipinski definition) is 2. The van der Waals surface area contributed by atoms with E-state index in [-0.39, 0.29) is 6.61 Å². The molecular formula is C12H14N2O2. The number of benzene rings is 1. The van der Waals surface area contributed by atoms with Gasteiger partial charge in [-0.2, -0.15) is 0 Å². The van der Waals surface area contributed by atoms with Crippen molar-refractivity contribution in [2.75, 3.05) is 18.9 Å². The summed E-state index contributed by atoms with van der Waals surface area (Å²) in [6.07, 6.45) is 4.06. The fraction of sp³-hybridized carbons (Fsp3) is 0.250. The maximum atomic E-state index is 8.69. The van der Waals surface area contributed by atoms with Crippen LogP contribution in [0.4, 0.5) is 5.69 Å². The number of nitrogens with two attached hydrogens (primary N) is 1. The van der Waals surface area contributed by atoms with Gasteiger partial charge in [0, 0.05) is 41.9 Å². The zero-order chi connectivity index (χ0) is 11.4. The molecule has 0 saturated carbocycles. The zero-order valence-corrected chi connectivity index (χ0v) is 8.89. The van der Waals surface area contributed by atoms with Crippen LogP contribution in [-0.4, -0.2) is 23.3 Å². The van der Waals surface area contributed by atoms with Crippen LogP contribution in [0.2, 0.25) is 0 Å². The third-order valence-electron chi connectivity index (χ3n) is 2.37. The first-order valence-electron chi connectivity index (χ1n) is 5.19. The van der Waals surface area contributed by atoms with Crippen LogP contribution >= 0.6 is 0 Å². The van der Waals surface area contributed by atoms with Crippen molar-refractivity contribution in [1.82, 2.24) is 4.98 Å². The largest absolute Gasteiger partial charge is 0.493 e.